The molecule has 1 saturated carbocycles. The fourth-order valence-electron chi connectivity index (χ4n) is 3.88. The number of fused-ring (bicyclic) bond motifs is 1. The van der Waals surface area contributed by atoms with Gasteiger partial charge in [-0.3, -0.25) is 9.59 Å². The van der Waals surface area contributed by atoms with E-state index in [1.54, 1.807) is 0 Å². The molecule has 2 fully saturated rings. The highest BCUT2D eigenvalue weighted by atomic mass is 16.2. The number of carbonyl (C=O) groups is 2. The average molecular weight is 315 g/mol. The molecule has 23 heavy (non-hydrogen) atoms. The van der Waals surface area contributed by atoms with Crippen molar-refractivity contribution in [3.63, 3.8) is 0 Å². The first-order valence-electron chi connectivity index (χ1n) is 8.46. The molecule has 1 aromatic carbocycles. The van der Waals surface area contributed by atoms with E-state index in [2.05, 4.69) is 16.0 Å². The molecule has 1 aliphatic carbocycles. The van der Waals surface area contributed by atoms with Gasteiger partial charge in [-0.05, 0) is 43.0 Å². The van der Waals surface area contributed by atoms with Crippen molar-refractivity contribution in [2.45, 2.75) is 39.2 Å². The van der Waals surface area contributed by atoms with Crippen LogP contribution in [0.1, 0.15) is 38.2 Å². The Morgan fingerprint density at radius 2 is 2.04 bits per heavy atom. The molecule has 2 atom stereocenters. The Morgan fingerprint density at radius 1 is 1.26 bits per heavy atom. The van der Waals surface area contributed by atoms with Gasteiger partial charge in [0.15, 0.2) is 0 Å². The fraction of sp³-hybridized carbons (Fsp3) is 0.556. The topological polar surface area (TPSA) is 70.2 Å². The summed E-state index contributed by atoms with van der Waals surface area (Å²) in [5.74, 6) is 0.579. The Bertz CT molecular complexity index is 584. The summed E-state index contributed by atoms with van der Waals surface area (Å²) in [5.41, 5.74) is 1.62. The maximum absolute atomic E-state index is 12.9. The van der Waals surface area contributed by atoms with Crippen LogP contribution in [0.4, 0.5) is 5.69 Å². The predicted molar refractivity (Wildman–Crippen MR) is 89.9 cm³/mol. The van der Waals surface area contributed by atoms with Gasteiger partial charge in [0.1, 0.15) is 0 Å². The summed E-state index contributed by atoms with van der Waals surface area (Å²) in [7, 11) is 0. The predicted octanol–water partition coefficient (Wildman–Crippen LogP) is 2.04. The van der Waals surface area contributed by atoms with Crippen LogP contribution in [0.3, 0.4) is 0 Å². The van der Waals surface area contributed by atoms with Crippen LogP contribution in [0.15, 0.2) is 24.3 Å². The molecule has 3 rings (SSSR count). The molecule has 0 radical (unpaired) electrons. The van der Waals surface area contributed by atoms with Crippen molar-refractivity contribution in [1.82, 2.24) is 10.6 Å². The van der Waals surface area contributed by atoms with Crippen molar-refractivity contribution in [1.29, 1.82) is 0 Å². The molecule has 3 N–H and O–H groups in total. The number of anilines is 1. The lowest BCUT2D eigenvalue weighted by molar-refractivity contribution is -0.128. The highest BCUT2D eigenvalue weighted by Crippen LogP contribution is 2.44. The molecule has 0 bridgehead atoms. The number of benzene rings is 1. The standard InChI is InChI=1S/C18H25N3O2/c1-13(22)20-10-14-5-7-16(8-6-14)21-17(23)18-9-3-2-4-15(18)11-19-12-18/h5-8,15,19H,2-4,9-12H2,1H3,(H,20,22)(H,21,23)/t15-,18+/m0/s1. The van der Waals surface area contributed by atoms with Gasteiger partial charge in [-0.1, -0.05) is 25.0 Å². The Balaban J connectivity index is 1.64. The van der Waals surface area contributed by atoms with Crippen LogP contribution in [0.25, 0.3) is 0 Å². The molecule has 0 aromatic heterocycles. The molecule has 5 nitrogen and oxygen atoms in total. The van der Waals surface area contributed by atoms with E-state index < -0.39 is 0 Å². The summed E-state index contributed by atoms with van der Waals surface area (Å²) in [4.78, 5) is 23.8. The van der Waals surface area contributed by atoms with E-state index in [9.17, 15) is 9.59 Å². The van der Waals surface area contributed by atoms with Crippen molar-refractivity contribution in [3.8, 4) is 0 Å². The molecular weight excluding hydrogens is 290 g/mol. The normalized spacial score (nSPS) is 26.4. The zero-order valence-electron chi connectivity index (χ0n) is 13.7. The van der Waals surface area contributed by atoms with Gasteiger partial charge in [0.05, 0.1) is 5.41 Å². The van der Waals surface area contributed by atoms with E-state index in [-0.39, 0.29) is 17.2 Å². The zero-order valence-corrected chi connectivity index (χ0v) is 13.7. The van der Waals surface area contributed by atoms with Crippen LogP contribution >= 0.6 is 0 Å². The lowest BCUT2D eigenvalue weighted by atomic mass is 9.67. The SMILES string of the molecule is CC(=O)NCc1ccc(NC(=O)[C@@]23CCCC[C@H]2CNC3)cc1. The van der Waals surface area contributed by atoms with Crippen LogP contribution < -0.4 is 16.0 Å². The monoisotopic (exact) mass is 315 g/mol. The second kappa shape index (κ2) is 6.71. The number of carbonyl (C=O) groups excluding carboxylic acids is 2. The quantitative estimate of drug-likeness (QED) is 0.796. The van der Waals surface area contributed by atoms with Crippen LogP contribution in [0.2, 0.25) is 0 Å². The molecule has 1 heterocycles. The average Bonchev–Trinajstić information content (AvgIpc) is 2.99. The Morgan fingerprint density at radius 3 is 2.78 bits per heavy atom. The van der Waals surface area contributed by atoms with Gasteiger partial charge < -0.3 is 16.0 Å². The number of hydrogen-bond donors (Lipinski definition) is 3. The molecule has 1 aromatic rings. The second-order valence-corrected chi connectivity index (χ2v) is 6.79. The van der Waals surface area contributed by atoms with Crippen molar-refractivity contribution in [2.75, 3.05) is 18.4 Å². The molecule has 2 aliphatic rings. The van der Waals surface area contributed by atoms with Crippen LogP contribution in [0, 0.1) is 11.3 Å². The van der Waals surface area contributed by atoms with Crippen molar-refractivity contribution in [2.24, 2.45) is 11.3 Å². The van der Waals surface area contributed by atoms with E-state index >= 15 is 0 Å². The summed E-state index contributed by atoms with van der Waals surface area (Å²) in [6.45, 7) is 3.77. The third kappa shape index (κ3) is 3.39. The maximum atomic E-state index is 12.9. The van der Waals surface area contributed by atoms with Crippen molar-refractivity contribution >= 4 is 17.5 Å². The molecule has 1 aliphatic heterocycles. The van der Waals surface area contributed by atoms with Crippen LogP contribution in [-0.4, -0.2) is 24.9 Å². The van der Waals surface area contributed by atoms with E-state index in [0.29, 0.717) is 12.5 Å². The molecule has 0 unspecified atom stereocenters. The van der Waals surface area contributed by atoms with Gasteiger partial charge in [-0.25, -0.2) is 0 Å². The molecule has 124 valence electrons. The van der Waals surface area contributed by atoms with E-state index in [0.717, 1.165) is 43.6 Å². The summed E-state index contributed by atoms with van der Waals surface area (Å²) < 4.78 is 0. The van der Waals surface area contributed by atoms with Gasteiger partial charge in [-0.2, -0.15) is 0 Å². The highest BCUT2D eigenvalue weighted by Gasteiger charge is 2.49. The second-order valence-electron chi connectivity index (χ2n) is 6.79. The van der Waals surface area contributed by atoms with Crippen LogP contribution in [-0.2, 0) is 16.1 Å². The first kappa shape index (κ1) is 16.0. The molecule has 0 spiro atoms. The lowest BCUT2D eigenvalue weighted by Crippen LogP contribution is -2.44. The minimum atomic E-state index is -0.229. The number of rotatable bonds is 4. The maximum Gasteiger partial charge on any atom is 0.232 e. The number of hydrogen-bond acceptors (Lipinski definition) is 3. The fourth-order valence-corrected chi connectivity index (χ4v) is 3.88. The van der Waals surface area contributed by atoms with Gasteiger partial charge >= 0.3 is 0 Å². The van der Waals surface area contributed by atoms with Crippen LogP contribution in [0.5, 0.6) is 0 Å². The lowest BCUT2D eigenvalue weighted by Gasteiger charge is -2.37. The molecule has 2 amide bonds. The molecule has 1 saturated heterocycles. The first-order valence-corrected chi connectivity index (χ1v) is 8.46. The minimum Gasteiger partial charge on any atom is -0.352 e. The third-order valence-electron chi connectivity index (χ3n) is 5.24. The summed E-state index contributed by atoms with van der Waals surface area (Å²) in [6, 6.07) is 7.70. The molecule has 5 heteroatoms. The van der Waals surface area contributed by atoms with Gasteiger partial charge in [0.2, 0.25) is 11.8 Å². The Labute approximate surface area is 137 Å². The smallest absolute Gasteiger partial charge is 0.232 e. The number of nitrogens with one attached hydrogen (secondary N) is 3. The first-order chi connectivity index (χ1) is 11.1. The number of amides is 2. The summed E-state index contributed by atoms with van der Waals surface area (Å²) in [6.07, 6.45) is 4.51. The molecular formula is C18H25N3O2. The van der Waals surface area contributed by atoms with E-state index in [1.807, 2.05) is 24.3 Å². The Kier molecular flexibility index (Phi) is 4.66. The summed E-state index contributed by atoms with van der Waals surface area (Å²) in [5, 5.41) is 9.28. The largest absolute Gasteiger partial charge is 0.352 e. The van der Waals surface area contributed by atoms with Gasteiger partial charge in [-0.15, -0.1) is 0 Å². The minimum absolute atomic E-state index is 0.0430. The van der Waals surface area contributed by atoms with E-state index in [4.69, 9.17) is 0 Å². The Hall–Kier alpha value is -1.88. The van der Waals surface area contributed by atoms with Gasteiger partial charge in [0, 0.05) is 25.7 Å². The van der Waals surface area contributed by atoms with Gasteiger partial charge in [0.25, 0.3) is 0 Å². The van der Waals surface area contributed by atoms with E-state index in [1.165, 1.54) is 13.3 Å². The van der Waals surface area contributed by atoms with Crippen molar-refractivity contribution < 1.29 is 9.59 Å². The third-order valence-corrected chi connectivity index (χ3v) is 5.24. The summed E-state index contributed by atoms with van der Waals surface area (Å²) >= 11 is 0. The zero-order chi connectivity index (χ0) is 16.3. The van der Waals surface area contributed by atoms with Crippen molar-refractivity contribution in [3.05, 3.63) is 29.8 Å². The highest BCUT2D eigenvalue weighted by molar-refractivity contribution is 5.96.